The molecular weight excluding hydrogens is 796 g/mol. The van der Waals surface area contributed by atoms with E-state index in [0.29, 0.717) is 80.7 Å². The van der Waals surface area contributed by atoms with Crippen molar-refractivity contribution in [2.45, 2.75) is 119 Å². The second-order valence-electron chi connectivity index (χ2n) is 15.8. The third-order valence-corrected chi connectivity index (χ3v) is 11.1. The van der Waals surface area contributed by atoms with Crippen molar-refractivity contribution in [2.24, 2.45) is 0 Å². The monoisotopic (exact) mass is 852 g/mol. The van der Waals surface area contributed by atoms with E-state index < -0.39 is 18.0 Å². The summed E-state index contributed by atoms with van der Waals surface area (Å²) in [7, 11) is 0. The Hall–Kier alpha value is -5.35. The van der Waals surface area contributed by atoms with Crippen LogP contribution in [-0.2, 0) is 37.9 Å². The number of nitrogens with zero attached hydrogens (tertiary/aromatic N) is 4. The van der Waals surface area contributed by atoms with E-state index >= 15 is 0 Å². The third kappa shape index (κ3) is 11.5. The Balaban J connectivity index is 0.00000794. The summed E-state index contributed by atoms with van der Waals surface area (Å²) < 4.78 is 0. The first-order chi connectivity index (χ1) is 28.1. The van der Waals surface area contributed by atoms with Gasteiger partial charge in [-0.3, -0.25) is 14.4 Å². The number of carbonyl (C=O) groups excluding carboxylic acids is 1. The summed E-state index contributed by atoms with van der Waals surface area (Å²) in [6.45, 7) is 18.4. The zero-order valence-electron chi connectivity index (χ0n) is 35.8. The molecule has 10 nitrogen and oxygen atoms in total. The van der Waals surface area contributed by atoms with Crippen LogP contribution in [-0.4, -0.2) is 43.5 Å². The number of carboxylic acid groups (broad SMARTS) is 2. The number of aliphatic hydroxyl groups excluding tert-OH is 1. The van der Waals surface area contributed by atoms with E-state index in [9.17, 15) is 29.7 Å². The van der Waals surface area contributed by atoms with Crippen molar-refractivity contribution in [3.63, 3.8) is 0 Å². The van der Waals surface area contributed by atoms with Gasteiger partial charge in [-0.05, 0) is 117 Å². The van der Waals surface area contributed by atoms with E-state index in [4.69, 9.17) is 19.9 Å². The quantitative estimate of drug-likeness (QED) is 0.0637. The van der Waals surface area contributed by atoms with Gasteiger partial charge in [-0.15, -0.1) is 22.1 Å². The number of aliphatic carboxylic acids is 2. The number of allylic oxidation sites excluding steroid dienone is 11. The van der Waals surface area contributed by atoms with Gasteiger partial charge in [-0.2, -0.15) is 0 Å². The van der Waals surface area contributed by atoms with Crippen LogP contribution in [0.25, 0.3) is 44.4 Å². The largest absolute Gasteiger partial charge is 3.00 e. The van der Waals surface area contributed by atoms with Crippen molar-refractivity contribution < 1.29 is 46.8 Å². The molecule has 11 heteroatoms. The molecule has 3 aromatic rings. The smallest absolute Gasteiger partial charge is 0.657 e. The van der Waals surface area contributed by atoms with Crippen molar-refractivity contribution in [3.05, 3.63) is 117 Å². The standard InChI is InChI=1S/C49H58N4O6.Fe/c1-9-34-31(6)39-25-45-49(46(55)18-12-17-30(5)16-11-15-29(4)14-10-13-28(2)3)33(8)40(52-45)24-44-37(27-54)36(20-22-48(58)59)43(53-44)26-42-35(19-21-47(56)57)32(7)38(51-42)23-41(34)50-39;/h9,13,15,17,23-27,46,55H,1,10-12,14,16,18-22H2,2-8H3,(H4,50,51,52,53,54,56,57,58,59);/q;+3/p-2/b29-15+,30-17+,38-23?,39-25?,40-24?,41-23?,42-26?,43-26?,44-24?,45-25?;. The summed E-state index contributed by atoms with van der Waals surface area (Å²) in [6, 6.07) is 7.13. The summed E-state index contributed by atoms with van der Waals surface area (Å²) in [5.74, 6) is -1.98. The number of aromatic nitrogens is 4. The Bertz CT molecular complexity index is 2490. The minimum Gasteiger partial charge on any atom is -0.657 e. The Morgan fingerprint density at radius 1 is 0.700 bits per heavy atom. The first-order valence-corrected chi connectivity index (χ1v) is 20.3. The van der Waals surface area contributed by atoms with Gasteiger partial charge < -0.3 is 25.3 Å². The molecule has 2 aliphatic rings. The fourth-order valence-corrected chi connectivity index (χ4v) is 7.72. The van der Waals surface area contributed by atoms with E-state index in [1.165, 1.54) is 16.7 Å². The van der Waals surface area contributed by atoms with Crippen molar-refractivity contribution in [3.8, 4) is 0 Å². The van der Waals surface area contributed by atoms with Gasteiger partial charge in [0.25, 0.3) is 0 Å². The van der Waals surface area contributed by atoms with Crippen LogP contribution in [0.15, 0.2) is 71.9 Å². The molecule has 0 saturated heterocycles. The Morgan fingerprint density at radius 2 is 1.23 bits per heavy atom. The van der Waals surface area contributed by atoms with Gasteiger partial charge in [0.1, 0.15) is 0 Å². The summed E-state index contributed by atoms with van der Waals surface area (Å²) in [5, 5.41) is 31.0. The van der Waals surface area contributed by atoms with Gasteiger partial charge in [0.15, 0.2) is 6.29 Å². The molecule has 0 aromatic carbocycles. The fourth-order valence-electron chi connectivity index (χ4n) is 7.72. The molecule has 1 atom stereocenters. The van der Waals surface area contributed by atoms with Crippen LogP contribution in [0.1, 0.15) is 144 Å². The van der Waals surface area contributed by atoms with Crippen molar-refractivity contribution >= 4 is 62.6 Å². The van der Waals surface area contributed by atoms with Crippen molar-refractivity contribution in [1.29, 1.82) is 0 Å². The van der Waals surface area contributed by atoms with Crippen LogP contribution in [0.3, 0.4) is 0 Å². The van der Waals surface area contributed by atoms with Crippen molar-refractivity contribution in [2.75, 3.05) is 0 Å². The number of aldehydes is 1. The molecule has 0 spiro atoms. The second-order valence-corrected chi connectivity index (χ2v) is 15.8. The fraction of sp³-hybridized carbons (Fsp3) is 0.367. The van der Waals surface area contributed by atoms with E-state index in [1.807, 2.05) is 32.9 Å². The number of rotatable bonds is 18. The van der Waals surface area contributed by atoms with Crippen LogP contribution < -0.4 is 9.97 Å². The number of carbonyl (C=O) groups is 3. The number of aliphatic hydroxyl groups is 1. The average Bonchev–Trinajstić information content (AvgIpc) is 3.85. The average molecular weight is 853 g/mol. The van der Waals surface area contributed by atoms with E-state index in [-0.39, 0.29) is 48.3 Å². The van der Waals surface area contributed by atoms with E-state index in [0.717, 1.165) is 48.0 Å². The SMILES string of the molecule is C=CC1=C(C)c2cc3[n-]c(cc4nc(cc5[n-]c(cc1n2)c(C)c5CCC(=O)O)C(CCC(=O)O)=C4C=O)c(C)c3C(O)CC/C=C(\C)CC/C=C(\C)CCC=C(C)C.[Fe+3]. The maximum Gasteiger partial charge on any atom is 3.00 e. The van der Waals surface area contributed by atoms with Crippen LogP contribution in [0.2, 0.25) is 0 Å². The normalized spacial score (nSPS) is 13.6. The first kappa shape index (κ1) is 47.3. The number of hydrogen-bond acceptors (Lipinski definition) is 6. The minimum absolute atomic E-state index is 0. The van der Waals surface area contributed by atoms with Crippen LogP contribution in [0.5, 0.6) is 0 Å². The third-order valence-electron chi connectivity index (χ3n) is 11.1. The van der Waals surface area contributed by atoms with Gasteiger partial charge in [0.05, 0.1) is 28.9 Å². The van der Waals surface area contributed by atoms with E-state index in [2.05, 4.69) is 52.5 Å². The maximum atomic E-state index is 12.8. The molecule has 0 saturated carbocycles. The molecule has 0 fully saturated rings. The minimum atomic E-state index is -1.02. The van der Waals surface area contributed by atoms with Gasteiger partial charge in [-0.1, -0.05) is 88.6 Å². The van der Waals surface area contributed by atoms with Crippen molar-refractivity contribution in [1.82, 2.24) is 19.9 Å². The maximum absolute atomic E-state index is 12.8. The number of fused-ring (bicyclic) bond motifs is 8. The number of carboxylic acids is 2. The predicted molar refractivity (Wildman–Crippen MR) is 236 cm³/mol. The summed E-state index contributed by atoms with van der Waals surface area (Å²) in [5.41, 5.74) is 13.3. The Morgan fingerprint density at radius 3 is 1.85 bits per heavy atom. The molecule has 315 valence electrons. The zero-order valence-corrected chi connectivity index (χ0v) is 36.9. The van der Waals surface area contributed by atoms with Gasteiger partial charge >= 0.3 is 29.0 Å². The molecule has 5 rings (SSSR count). The summed E-state index contributed by atoms with van der Waals surface area (Å²) in [6.07, 6.45) is 13.4. The summed E-state index contributed by atoms with van der Waals surface area (Å²) in [4.78, 5) is 56.0. The molecule has 8 bridgehead atoms. The molecule has 2 aliphatic heterocycles. The number of hydrogen-bond donors (Lipinski definition) is 3. The molecule has 1 unspecified atom stereocenters. The van der Waals surface area contributed by atoms with Crippen LogP contribution in [0.4, 0.5) is 0 Å². The molecule has 3 aromatic heterocycles. The van der Waals surface area contributed by atoms with Crippen LogP contribution in [0, 0.1) is 13.8 Å². The molecule has 0 amide bonds. The Labute approximate surface area is 363 Å². The Kier molecular flexibility index (Phi) is 16.8. The molecule has 5 heterocycles. The molecule has 3 N–H and O–H groups in total. The van der Waals surface area contributed by atoms with Gasteiger partial charge in [-0.25, -0.2) is 9.97 Å². The van der Waals surface area contributed by atoms with Gasteiger partial charge in [0.2, 0.25) is 0 Å². The molecular formula is C49H56FeN4O6+. The molecule has 60 heavy (non-hydrogen) atoms. The zero-order chi connectivity index (χ0) is 43.0. The molecule has 0 aliphatic carbocycles. The second kappa shape index (κ2) is 21.3. The van der Waals surface area contributed by atoms with Crippen LogP contribution >= 0.6 is 0 Å². The summed E-state index contributed by atoms with van der Waals surface area (Å²) >= 11 is 0. The number of aryl methyl sites for hydroxylation is 3. The predicted octanol–water partition coefficient (Wildman–Crippen LogP) is 10.5. The van der Waals surface area contributed by atoms with Gasteiger partial charge in [0, 0.05) is 24.0 Å². The topological polar surface area (TPSA) is 166 Å². The molecule has 1 radical (unpaired) electrons. The van der Waals surface area contributed by atoms with E-state index in [1.54, 1.807) is 18.2 Å². The first-order valence-electron chi connectivity index (χ1n) is 20.3.